The molecule has 2 heterocycles. The molecule has 3 rings (SSSR count). The molecule has 0 N–H and O–H groups in total. The fourth-order valence-corrected chi connectivity index (χ4v) is 2.87. The first-order valence-electron chi connectivity index (χ1n) is 7.41. The lowest BCUT2D eigenvalue weighted by molar-refractivity contribution is -0.130. The van der Waals surface area contributed by atoms with Gasteiger partial charge in [-0.1, -0.05) is 35.0 Å². The van der Waals surface area contributed by atoms with Gasteiger partial charge in [-0.25, -0.2) is 4.68 Å². The highest BCUT2D eigenvalue weighted by atomic mass is 16.2. The van der Waals surface area contributed by atoms with Crippen molar-refractivity contribution in [2.24, 2.45) is 0 Å². The van der Waals surface area contributed by atoms with Crippen LogP contribution in [0.5, 0.6) is 0 Å². The van der Waals surface area contributed by atoms with Gasteiger partial charge in [0.05, 0.1) is 12.2 Å². The number of likely N-dealkylation sites (tertiary alicyclic amines) is 1. The summed E-state index contributed by atoms with van der Waals surface area (Å²) in [4.78, 5) is 14.2. The number of nitrogens with zero attached hydrogens (tertiary/aromatic N) is 4. The van der Waals surface area contributed by atoms with Crippen molar-refractivity contribution in [1.29, 1.82) is 0 Å². The van der Waals surface area contributed by atoms with Gasteiger partial charge in [0.15, 0.2) is 0 Å². The van der Waals surface area contributed by atoms with E-state index in [9.17, 15) is 4.79 Å². The van der Waals surface area contributed by atoms with E-state index in [1.807, 2.05) is 21.8 Å². The molecule has 0 spiro atoms. The van der Waals surface area contributed by atoms with Crippen molar-refractivity contribution in [3.63, 3.8) is 0 Å². The van der Waals surface area contributed by atoms with Gasteiger partial charge in [-0.05, 0) is 25.3 Å². The highest BCUT2D eigenvalue weighted by Gasteiger charge is 2.27. The fourth-order valence-electron chi connectivity index (χ4n) is 2.87. The Hall–Kier alpha value is -2.17. The lowest BCUT2D eigenvalue weighted by Gasteiger charge is -2.16. The van der Waals surface area contributed by atoms with E-state index in [2.05, 4.69) is 35.4 Å². The number of carbonyl (C=O) groups is 1. The number of hydrogen-bond acceptors (Lipinski definition) is 3. The summed E-state index contributed by atoms with van der Waals surface area (Å²) >= 11 is 0. The van der Waals surface area contributed by atoms with Gasteiger partial charge in [0.2, 0.25) is 5.91 Å². The van der Waals surface area contributed by atoms with Gasteiger partial charge in [-0.15, -0.1) is 5.10 Å². The Morgan fingerprint density at radius 1 is 1.43 bits per heavy atom. The van der Waals surface area contributed by atoms with Crippen LogP contribution < -0.4 is 0 Å². The molecule has 0 radical (unpaired) electrons. The van der Waals surface area contributed by atoms with Crippen molar-refractivity contribution in [3.8, 4) is 0 Å². The highest BCUT2D eigenvalue weighted by molar-refractivity contribution is 5.76. The predicted octanol–water partition coefficient (Wildman–Crippen LogP) is 1.99. The molecule has 5 nitrogen and oxygen atoms in total. The van der Waals surface area contributed by atoms with E-state index in [0.717, 1.165) is 25.9 Å². The van der Waals surface area contributed by atoms with Crippen molar-refractivity contribution in [2.75, 3.05) is 13.1 Å². The molecule has 1 aliphatic heterocycles. The normalized spacial score (nSPS) is 18.1. The number of aryl methyl sites for hydroxylation is 2. The Bertz CT molecular complexity index is 608. The minimum atomic E-state index is 0.235. The Kier molecular flexibility index (Phi) is 3.99. The number of carbonyl (C=O) groups excluding carboxylic acids is 1. The maximum Gasteiger partial charge on any atom is 0.222 e. The van der Waals surface area contributed by atoms with Crippen molar-refractivity contribution in [3.05, 3.63) is 47.8 Å². The third kappa shape index (κ3) is 3.29. The Morgan fingerprint density at radius 2 is 2.33 bits per heavy atom. The number of rotatable bonds is 4. The van der Waals surface area contributed by atoms with E-state index in [1.54, 1.807) is 6.20 Å². The topological polar surface area (TPSA) is 51.0 Å². The van der Waals surface area contributed by atoms with Crippen LogP contribution in [0.1, 0.15) is 30.0 Å². The molecule has 1 unspecified atom stereocenters. The van der Waals surface area contributed by atoms with Crippen LogP contribution in [0.25, 0.3) is 0 Å². The summed E-state index contributed by atoms with van der Waals surface area (Å²) in [5.41, 5.74) is 2.47. The molecular weight excluding hydrogens is 264 g/mol. The van der Waals surface area contributed by atoms with Gasteiger partial charge in [-0.2, -0.15) is 0 Å². The van der Waals surface area contributed by atoms with E-state index < -0.39 is 0 Å². The van der Waals surface area contributed by atoms with E-state index in [1.165, 1.54) is 11.1 Å². The molecule has 110 valence electrons. The van der Waals surface area contributed by atoms with Gasteiger partial charge >= 0.3 is 0 Å². The van der Waals surface area contributed by atoms with Gasteiger partial charge in [-0.3, -0.25) is 4.79 Å². The summed E-state index contributed by atoms with van der Waals surface area (Å²) in [6.07, 6.45) is 5.89. The molecule has 1 amide bonds. The second kappa shape index (κ2) is 6.08. The molecule has 2 aromatic rings. The van der Waals surface area contributed by atoms with Gasteiger partial charge < -0.3 is 4.90 Å². The first-order valence-corrected chi connectivity index (χ1v) is 7.41. The summed E-state index contributed by atoms with van der Waals surface area (Å²) in [5.74, 6) is 0.235. The summed E-state index contributed by atoms with van der Waals surface area (Å²) in [6, 6.07) is 8.63. The maximum absolute atomic E-state index is 12.3. The van der Waals surface area contributed by atoms with E-state index in [-0.39, 0.29) is 11.9 Å². The van der Waals surface area contributed by atoms with Crippen molar-refractivity contribution >= 4 is 5.91 Å². The minimum Gasteiger partial charge on any atom is -0.340 e. The fraction of sp³-hybridized carbons (Fsp3) is 0.438. The molecule has 0 bridgehead atoms. The third-order valence-electron chi connectivity index (χ3n) is 4.04. The molecule has 1 aliphatic rings. The predicted molar refractivity (Wildman–Crippen MR) is 79.8 cm³/mol. The molecule has 5 heteroatoms. The Morgan fingerprint density at radius 3 is 3.10 bits per heavy atom. The molecule has 1 saturated heterocycles. The largest absolute Gasteiger partial charge is 0.340 e. The monoisotopic (exact) mass is 284 g/mol. The highest BCUT2D eigenvalue weighted by Crippen LogP contribution is 2.21. The number of benzene rings is 1. The van der Waals surface area contributed by atoms with Crippen LogP contribution in [0.3, 0.4) is 0 Å². The molecule has 1 atom stereocenters. The van der Waals surface area contributed by atoms with Crippen molar-refractivity contribution in [1.82, 2.24) is 19.9 Å². The van der Waals surface area contributed by atoms with E-state index >= 15 is 0 Å². The molecule has 21 heavy (non-hydrogen) atoms. The second-order valence-corrected chi connectivity index (χ2v) is 5.65. The first-order chi connectivity index (χ1) is 10.2. The molecular formula is C16H20N4O. The maximum atomic E-state index is 12.3. The van der Waals surface area contributed by atoms with Crippen LogP contribution in [0, 0.1) is 6.92 Å². The van der Waals surface area contributed by atoms with E-state index in [0.29, 0.717) is 6.42 Å². The number of amides is 1. The standard InChI is InChI=1S/C16H20N4O/c1-13-3-2-4-14(11-13)5-6-16(21)19-9-7-15(12-19)20-10-8-17-18-20/h2-4,8,10-11,15H,5-7,9,12H2,1H3. The molecule has 0 saturated carbocycles. The van der Waals surface area contributed by atoms with Gasteiger partial charge in [0.1, 0.15) is 0 Å². The number of hydrogen-bond donors (Lipinski definition) is 0. The zero-order valence-electron chi connectivity index (χ0n) is 12.3. The summed E-state index contributed by atoms with van der Waals surface area (Å²) in [7, 11) is 0. The SMILES string of the molecule is Cc1cccc(CCC(=O)N2CCC(n3ccnn3)C2)c1. The first kappa shape index (κ1) is 13.8. The zero-order chi connectivity index (χ0) is 14.7. The molecule has 0 aliphatic carbocycles. The van der Waals surface area contributed by atoms with Gasteiger partial charge in [0, 0.05) is 25.7 Å². The lowest BCUT2D eigenvalue weighted by atomic mass is 10.1. The quantitative estimate of drug-likeness (QED) is 0.863. The van der Waals surface area contributed by atoms with Crippen LogP contribution in [-0.2, 0) is 11.2 Å². The lowest BCUT2D eigenvalue weighted by Crippen LogP contribution is -2.29. The van der Waals surface area contributed by atoms with Gasteiger partial charge in [0.25, 0.3) is 0 Å². The van der Waals surface area contributed by atoms with Crippen molar-refractivity contribution in [2.45, 2.75) is 32.2 Å². The van der Waals surface area contributed by atoms with Crippen LogP contribution in [0.4, 0.5) is 0 Å². The molecule has 1 aromatic heterocycles. The smallest absolute Gasteiger partial charge is 0.222 e. The van der Waals surface area contributed by atoms with E-state index in [4.69, 9.17) is 0 Å². The summed E-state index contributed by atoms with van der Waals surface area (Å²) < 4.78 is 1.85. The van der Waals surface area contributed by atoms with Crippen LogP contribution >= 0.6 is 0 Å². The second-order valence-electron chi connectivity index (χ2n) is 5.65. The summed E-state index contributed by atoms with van der Waals surface area (Å²) in [6.45, 7) is 3.64. The third-order valence-corrected chi connectivity index (χ3v) is 4.04. The molecule has 1 fully saturated rings. The summed E-state index contributed by atoms with van der Waals surface area (Å²) in [5, 5.41) is 7.85. The Balaban J connectivity index is 1.52. The van der Waals surface area contributed by atoms with Crippen molar-refractivity contribution < 1.29 is 4.79 Å². The van der Waals surface area contributed by atoms with Crippen LogP contribution in [-0.4, -0.2) is 38.9 Å². The number of aromatic nitrogens is 3. The molecule has 1 aromatic carbocycles. The zero-order valence-corrected chi connectivity index (χ0v) is 12.3. The average molecular weight is 284 g/mol. The Labute approximate surface area is 124 Å². The minimum absolute atomic E-state index is 0.235. The van der Waals surface area contributed by atoms with Crippen LogP contribution in [0.2, 0.25) is 0 Å². The van der Waals surface area contributed by atoms with Crippen LogP contribution in [0.15, 0.2) is 36.7 Å². The average Bonchev–Trinajstić information content (AvgIpc) is 3.15.